The second-order valence-electron chi connectivity index (χ2n) is 4.52. The first-order valence-electron chi connectivity index (χ1n) is 5.79. The van der Waals surface area contributed by atoms with Crippen LogP contribution in [0.3, 0.4) is 0 Å². The zero-order valence-corrected chi connectivity index (χ0v) is 10.3. The van der Waals surface area contributed by atoms with E-state index in [0.717, 1.165) is 11.5 Å². The molecule has 1 aliphatic rings. The van der Waals surface area contributed by atoms with Gasteiger partial charge in [0.25, 0.3) is 5.91 Å². The summed E-state index contributed by atoms with van der Waals surface area (Å²) in [5.74, 6) is 0.957. The molecule has 2 rings (SSSR count). The number of benzene rings is 1. The molecule has 0 spiro atoms. The maximum atomic E-state index is 12.1. The summed E-state index contributed by atoms with van der Waals surface area (Å²) < 4.78 is 0. The van der Waals surface area contributed by atoms with Gasteiger partial charge in [-0.3, -0.25) is 15.2 Å². The van der Waals surface area contributed by atoms with Crippen LogP contribution in [-0.4, -0.2) is 22.8 Å². The molecule has 1 aliphatic heterocycles. The van der Waals surface area contributed by atoms with Gasteiger partial charge in [0, 0.05) is 0 Å². The van der Waals surface area contributed by atoms with E-state index in [2.05, 4.69) is 10.4 Å². The van der Waals surface area contributed by atoms with E-state index in [4.69, 9.17) is 0 Å². The van der Waals surface area contributed by atoms with E-state index in [-0.39, 0.29) is 17.9 Å². The number of nitrogens with zero attached hydrogens (tertiary/aromatic N) is 2. The summed E-state index contributed by atoms with van der Waals surface area (Å²) in [5.41, 5.74) is 3.97. The van der Waals surface area contributed by atoms with Crippen LogP contribution < -0.4 is 5.43 Å². The Kier molecular flexibility index (Phi) is 3.13. The zero-order chi connectivity index (χ0) is 12.4. The topological polar surface area (TPSA) is 44.7 Å². The Hall–Kier alpha value is -1.84. The Bertz CT molecular complexity index is 439. The number of aliphatic imine (C=N–C) groups is 1. The van der Waals surface area contributed by atoms with Crippen LogP contribution in [0.15, 0.2) is 35.3 Å². The quantitative estimate of drug-likeness (QED) is 0.867. The van der Waals surface area contributed by atoms with Crippen molar-refractivity contribution in [3.63, 3.8) is 0 Å². The molecule has 90 valence electrons. The third-order valence-corrected chi connectivity index (χ3v) is 2.77. The molecule has 0 fully saturated rings. The van der Waals surface area contributed by atoms with Crippen LogP contribution in [-0.2, 0) is 4.79 Å². The van der Waals surface area contributed by atoms with Crippen LogP contribution >= 0.6 is 0 Å². The van der Waals surface area contributed by atoms with Crippen LogP contribution in [0.4, 0.5) is 5.69 Å². The summed E-state index contributed by atoms with van der Waals surface area (Å²) in [4.78, 5) is 16.5. The average molecular weight is 231 g/mol. The van der Waals surface area contributed by atoms with Gasteiger partial charge in [-0.05, 0) is 25.0 Å². The number of carbonyl (C=O) groups is 1. The molecule has 0 saturated heterocycles. The van der Waals surface area contributed by atoms with Gasteiger partial charge in [-0.1, -0.05) is 32.0 Å². The first-order valence-corrected chi connectivity index (χ1v) is 5.79. The number of amidine groups is 1. The van der Waals surface area contributed by atoms with E-state index in [1.54, 1.807) is 0 Å². The fourth-order valence-electron chi connectivity index (χ4n) is 1.82. The SMILES string of the molecule is CC1=N[C@@H](C(C)C)C(=O)N1Nc1ccccc1. The normalized spacial score (nSPS) is 19.8. The largest absolute Gasteiger partial charge is 0.290 e. The van der Waals surface area contributed by atoms with Gasteiger partial charge in [-0.25, -0.2) is 5.01 Å². The van der Waals surface area contributed by atoms with Crippen molar-refractivity contribution in [2.75, 3.05) is 5.43 Å². The van der Waals surface area contributed by atoms with Gasteiger partial charge >= 0.3 is 0 Å². The molecule has 4 heteroatoms. The minimum Gasteiger partial charge on any atom is -0.290 e. The molecule has 4 nitrogen and oxygen atoms in total. The van der Waals surface area contributed by atoms with Crippen molar-refractivity contribution in [3.05, 3.63) is 30.3 Å². The van der Waals surface area contributed by atoms with E-state index in [0.29, 0.717) is 0 Å². The third-order valence-electron chi connectivity index (χ3n) is 2.77. The monoisotopic (exact) mass is 231 g/mol. The highest BCUT2D eigenvalue weighted by Crippen LogP contribution is 2.19. The van der Waals surface area contributed by atoms with Crippen molar-refractivity contribution in [1.82, 2.24) is 5.01 Å². The Balaban J connectivity index is 2.14. The highest BCUT2D eigenvalue weighted by molar-refractivity contribution is 6.05. The molecule has 0 radical (unpaired) electrons. The molecule has 0 aromatic heterocycles. The van der Waals surface area contributed by atoms with Crippen LogP contribution in [0.1, 0.15) is 20.8 Å². The molecule has 1 aromatic carbocycles. The molecule has 17 heavy (non-hydrogen) atoms. The van der Waals surface area contributed by atoms with Gasteiger partial charge in [-0.2, -0.15) is 0 Å². The fourth-order valence-corrected chi connectivity index (χ4v) is 1.82. The van der Waals surface area contributed by atoms with Crippen molar-refractivity contribution < 1.29 is 4.79 Å². The fraction of sp³-hybridized carbons (Fsp3) is 0.385. The van der Waals surface area contributed by atoms with Gasteiger partial charge in [0.1, 0.15) is 11.9 Å². The van der Waals surface area contributed by atoms with Crippen molar-refractivity contribution in [1.29, 1.82) is 0 Å². The summed E-state index contributed by atoms with van der Waals surface area (Å²) in [6.07, 6.45) is 0. The Labute approximate surface area is 101 Å². The highest BCUT2D eigenvalue weighted by atomic mass is 16.2. The number of hydrogen-bond donors (Lipinski definition) is 1. The lowest BCUT2D eigenvalue weighted by Crippen LogP contribution is -2.40. The van der Waals surface area contributed by atoms with Gasteiger partial charge in [0.15, 0.2) is 0 Å². The molecule has 0 saturated carbocycles. The number of amides is 1. The molecule has 1 aromatic rings. The maximum absolute atomic E-state index is 12.1. The molecule has 1 atom stereocenters. The predicted molar refractivity (Wildman–Crippen MR) is 68.6 cm³/mol. The van der Waals surface area contributed by atoms with Gasteiger partial charge < -0.3 is 0 Å². The van der Waals surface area contributed by atoms with E-state index >= 15 is 0 Å². The zero-order valence-electron chi connectivity index (χ0n) is 10.3. The Morgan fingerprint density at radius 2 is 1.94 bits per heavy atom. The van der Waals surface area contributed by atoms with Gasteiger partial charge in [0.05, 0.1) is 5.69 Å². The average Bonchev–Trinajstić information content (AvgIpc) is 2.58. The lowest BCUT2D eigenvalue weighted by Gasteiger charge is -2.20. The van der Waals surface area contributed by atoms with E-state index < -0.39 is 0 Å². The summed E-state index contributed by atoms with van der Waals surface area (Å²) in [6, 6.07) is 9.37. The molecular weight excluding hydrogens is 214 g/mol. The number of rotatable bonds is 3. The Morgan fingerprint density at radius 1 is 1.29 bits per heavy atom. The first-order chi connectivity index (χ1) is 8.09. The summed E-state index contributed by atoms with van der Waals surface area (Å²) in [5, 5.41) is 1.53. The minimum atomic E-state index is -0.258. The van der Waals surface area contributed by atoms with Gasteiger partial charge in [0.2, 0.25) is 0 Å². The molecule has 0 bridgehead atoms. The van der Waals surface area contributed by atoms with Crippen molar-refractivity contribution in [2.45, 2.75) is 26.8 Å². The lowest BCUT2D eigenvalue weighted by atomic mass is 10.1. The highest BCUT2D eigenvalue weighted by Gasteiger charge is 2.34. The summed E-state index contributed by atoms with van der Waals surface area (Å²) in [6.45, 7) is 5.85. The molecule has 0 unspecified atom stereocenters. The number of hydrazine groups is 1. The van der Waals surface area contributed by atoms with Crippen molar-refractivity contribution >= 4 is 17.4 Å². The molecule has 1 N–H and O–H groups in total. The predicted octanol–water partition coefficient (Wildman–Crippen LogP) is 2.30. The van der Waals surface area contributed by atoms with Crippen molar-refractivity contribution in [3.8, 4) is 0 Å². The second kappa shape index (κ2) is 4.57. The number of para-hydroxylation sites is 1. The van der Waals surface area contributed by atoms with Crippen molar-refractivity contribution in [2.24, 2.45) is 10.9 Å². The lowest BCUT2D eigenvalue weighted by molar-refractivity contribution is -0.127. The summed E-state index contributed by atoms with van der Waals surface area (Å²) in [7, 11) is 0. The number of carbonyl (C=O) groups excluding carboxylic acids is 1. The van der Waals surface area contributed by atoms with Gasteiger partial charge in [-0.15, -0.1) is 0 Å². The van der Waals surface area contributed by atoms with E-state index in [1.165, 1.54) is 5.01 Å². The van der Waals surface area contributed by atoms with Crippen LogP contribution in [0, 0.1) is 5.92 Å². The molecule has 0 aliphatic carbocycles. The Morgan fingerprint density at radius 3 is 2.47 bits per heavy atom. The second-order valence-corrected chi connectivity index (χ2v) is 4.52. The number of hydrogen-bond acceptors (Lipinski definition) is 3. The summed E-state index contributed by atoms with van der Waals surface area (Å²) >= 11 is 0. The van der Waals surface area contributed by atoms with Crippen LogP contribution in [0.2, 0.25) is 0 Å². The first kappa shape index (κ1) is 11.6. The third kappa shape index (κ3) is 2.30. The number of anilines is 1. The van der Waals surface area contributed by atoms with Crippen LogP contribution in [0.25, 0.3) is 0 Å². The molecule has 1 amide bonds. The standard InChI is InChI=1S/C13H17N3O/c1-9(2)12-13(17)16(10(3)14-12)15-11-7-5-4-6-8-11/h4-9,12,15H,1-3H3/t12-/m0/s1. The molecule has 1 heterocycles. The van der Waals surface area contributed by atoms with E-state index in [1.807, 2.05) is 51.1 Å². The van der Waals surface area contributed by atoms with Crippen LogP contribution in [0.5, 0.6) is 0 Å². The number of nitrogens with one attached hydrogen (secondary N) is 1. The maximum Gasteiger partial charge on any atom is 0.271 e. The smallest absolute Gasteiger partial charge is 0.271 e. The minimum absolute atomic E-state index is 0.0151. The van der Waals surface area contributed by atoms with E-state index in [9.17, 15) is 4.79 Å². The molecular formula is C13H17N3O.